The summed E-state index contributed by atoms with van der Waals surface area (Å²) < 4.78 is 53.6. The third-order valence-electron chi connectivity index (χ3n) is 2.52. The first-order chi connectivity index (χ1) is 9.07. The maximum absolute atomic E-state index is 13.7. The monoisotopic (exact) mass is 306 g/mol. The van der Waals surface area contributed by atoms with Crippen molar-refractivity contribution in [3.63, 3.8) is 0 Å². The van der Waals surface area contributed by atoms with Gasteiger partial charge in [-0.15, -0.1) is 0 Å². The molecule has 0 radical (unpaired) electrons. The van der Waals surface area contributed by atoms with Gasteiger partial charge in [0.05, 0.1) is 0 Å². The highest BCUT2D eigenvalue weighted by Crippen LogP contribution is 2.21. The van der Waals surface area contributed by atoms with Crippen LogP contribution in [0, 0.1) is 17.0 Å². The van der Waals surface area contributed by atoms with Crippen molar-refractivity contribution in [3.8, 4) is 0 Å². The lowest BCUT2D eigenvalue weighted by Gasteiger charge is -2.19. The minimum atomic E-state index is -4.08. The van der Waals surface area contributed by atoms with Crippen molar-refractivity contribution >= 4 is 10.0 Å². The summed E-state index contributed by atoms with van der Waals surface area (Å²) in [6.45, 7) is 5.89. The molecule has 0 unspecified atom stereocenters. The average molecular weight is 306 g/mol. The molecule has 0 amide bonds. The lowest BCUT2D eigenvalue weighted by molar-refractivity contribution is 0.406. The summed E-state index contributed by atoms with van der Waals surface area (Å²) in [6.07, 6.45) is 0. The molecule has 0 saturated heterocycles. The van der Waals surface area contributed by atoms with Gasteiger partial charge in [0.2, 0.25) is 10.0 Å². The van der Waals surface area contributed by atoms with Crippen LogP contribution in [0.3, 0.4) is 0 Å². The topological polar surface area (TPSA) is 58.2 Å². The SMILES string of the molecule is CNCc1cc(F)c(F)c(S(=O)(=O)NCC(C)(C)C)c1. The van der Waals surface area contributed by atoms with Gasteiger partial charge in [0.15, 0.2) is 11.6 Å². The largest absolute Gasteiger partial charge is 0.316 e. The standard InChI is InChI=1S/C13H20F2N2O2S/c1-13(2,3)8-17-20(18,19)11-6-9(7-16-4)5-10(14)12(11)15/h5-6,16-17H,7-8H2,1-4H3. The van der Waals surface area contributed by atoms with Crippen molar-refractivity contribution < 1.29 is 17.2 Å². The van der Waals surface area contributed by atoms with Gasteiger partial charge >= 0.3 is 0 Å². The predicted molar refractivity (Wildman–Crippen MR) is 73.8 cm³/mol. The Morgan fingerprint density at radius 2 is 1.80 bits per heavy atom. The van der Waals surface area contributed by atoms with E-state index in [0.717, 1.165) is 12.1 Å². The number of rotatable bonds is 5. The molecular formula is C13H20F2N2O2S. The maximum Gasteiger partial charge on any atom is 0.243 e. The van der Waals surface area contributed by atoms with Crippen LogP contribution in [0.15, 0.2) is 17.0 Å². The van der Waals surface area contributed by atoms with E-state index in [1.807, 2.05) is 20.8 Å². The highest BCUT2D eigenvalue weighted by Gasteiger charge is 2.24. The Morgan fingerprint density at radius 1 is 1.20 bits per heavy atom. The molecule has 0 heterocycles. The van der Waals surface area contributed by atoms with E-state index in [-0.39, 0.29) is 18.5 Å². The van der Waals surface area contributed by atoms with E-state index >= 15 is 0 Å². The number of nitrogens with one attached hydrogen (secondary N) is 2. The van der Waals surface area contributed by atoms with Crippen LogP contribution in [0.4, 0.5) is 8.78 Å². The predicted octanol–water partition coefficient (Wildman–Crippen LogP) is 2.01. The third kappa shape index (κ3) is 4.50. The third-order valence-corrected chi connectivity index (χ3v) is 3.92. The normalized spacial score (nSPS) is 12.7. The Bertz CT molecular complexity index is 581. The highest BCUT2D eigenvalue weighted by atomic mass is 32.2. The molecule has 0 aliphatic heterocycles. The minimum Gasteiger partial charge on any atom is -0.316 e. The molecule has 1 aromatic rings. The van der Waals surface area contributed by atoms with Gasteiger partial charge in [-0.25, -0.2) is 21.9 Å². The van der Waals surface area contributed by atoms with Crippen molar-refractivity contribution in [2.45, 2.75) is 32.2 Å². The molecule has 1 aromatic carbocycles. The van der Waals surface area contributed by atoms with E-state index in [4.69, 9.17) is 0 Å². The number of hydrogen-bond acceptors (Lipinski definition) is 3. The first-order valence-electron chi connectivity index (χ1n) is 6.19. The molecule has 1 rings (SSSR count). The van der Waals surface area contributed by atoms with Crippen LogP contribution in [0.25, 0.3) is 0 Å². The molecule has 20 heavy (non-hydrogen) atoms. The van der Waals surface area contributed by atoms with E-state index in [1.54, 1.807) is 7.05 Å². The van der Waals surface area contributed by atoms with E-state index < -0.39 is 26.6 Å². The van der Waals surface area contributed by atoms with Crippen LogP contribution < -0.4 is 10.0 Å². The molecular weight excluding hydrogens is 286 g/mol. The lowest BCUT2D eigenvalue weighted by Crippen LogP contribution is -2.33. The first kappa shape index (κ1) is 17.0. The Morgan fingerprint density at radius 3 is 2.30 bits per heavy atom. The van der Waals surface area contributed by atoms with Gasteiger partial charge in [0.25, 0.3) is 0 Å². The van der Waals surface area contributed by atoms with E-state index in [1.165, 1.54) is 0 Å². The summed E-state index contributed by atoms with van der Waals surface area (Å²) in [5.41, 5.74) is 0.0625. The molecule has 4 nitrogen and oxygen atoms in total. The van der Waals surface area contributed by atoms with Crippen molar-refractivity contribution in [2.24, 2.45) is 5.41 Å². The number of halogens is 2. The lowest BCUT2D eigenvalue weighted by atomic mass is 9.98. The van der Waals surface area contributed by atoms with Crippen LogP contribution in [0.5, 0.6) is 0 Å². The molecule has 0 aromatic heterocycles. The maximum atomic E-state index is 13.7. The van der Waals surface area contributed by atoms with Crippen LogP contribution in [0.1, 0.15) is 26.3 Å². The molecule has 0 bridgehead atoms. The quantitative estimate of drug-likeness (QED) is 0.875. The zero-order valence-electron chi connectivity index (χ0n) is 12.0. The van der Waals surface area contributed by atoms with Gasteiger partial charge < -0.3 is 5.32 Å². The fourth-order valence-corrected chi connectivity index (χ4v) is 2.93. The fraction of sp³-hybridized carbons (Fsp3) is 0.538. The van der Waals surface area contributed by atoms with Crippen molar-refractivity contribution in [2.75, 3.05) is 13.6 Å². The van der Waals surface area contributed by atoms with Crippen molar-refractivity contribution in [1.82, 2.24) is 10.0 Å². The van der Waals surface area contributed by atoms with Gasteiger partial charge in [-0.05, 0) is 30.2 Å². The molecule has 0 saturated carbocycles. The Hall–Kier alpha value is -1.05. The van der Waals surface area contributed by atoms with Gasteiger partial charge in [-0.2, -0.15) is 0 Å². The number of hydrogen-bond donors (Lipinski definition) is 2. The first-order valence-corrected chi connectivity index (χ1v) is 7.67. The molecule has 114 valence electrons. The second-order valence-electron chi connectivity index (χ2n) is 5.81. The zero-order valence-corrected chi connectivity index (χ0v) is 12.9. The molecule has 0 atom stereocenters. The number of sulfonamides is 1. The van der Waals surface area contributed by atoms with Crippen molar-refractivity contribution in [1.29, 1.82) is 0 Å². The van der Waals surface area contributed by atoms with Crippen molar-refractivity contribution in [3.05, 3.63) is 29.3 Å². The molecule has 0 aliphatic rings. The second-order valence-corrected chi connectivity index (χ2v) is 7.54. The summed E-state index contributed by atoms with van der Waals surface area (Å²) in [5, 5.41) is 2.76. The Labute approximate surface area is 118 Å². The molecule has 7 heteroatoms. The summed E-state index contributed by atoms with van der Waals surface area (Å²) in [6, 6.07) is 2.12. The summed E-state index contributed by atoms with van der Waals surface area (Å²) in [4.78, 5) is -0.660. The summed E-state index contributed by atoms with van der Waals surface area (Å²) >= 11 is 0. The van der Waals surface area contributed by atoms with Crippen LogP contribution in [0.2, 0.25) is 0 Å². The summed E-state index contributed by atoms with van der Waals surface area (Å²) in [7, 11) is -2.45. The van der Waals surface area contributed by atoms with E-state index in [0.29, 0.717) is 5.56 Å². The van der Waals surface area contributed by atoms with E-state index in [2.05, 4.69) is 10.0 Å². The van der Waals surface area contributed by atoms with Crippen LogP contribution in [-0.4, -0.2) is 22.0 Å². The van der Waals surface area contributed by atoms with Crippen LogP contribution >= 0.6 is 0 Å². The Balaban J connectivity index is 3.17. The van der Waals surface area contributed by atoms with E-state index in [9.17, 15) is 17.2 Å². The zero-order chi connectivity index (χ0) is 15.6. The fourth-order valence-electron chi connectivity index (χ4n) is 1.51. The average Bonchev–Trinajstić information content (AvgIpc) is 2.30. The van der Waals surface area contributed by atoms with Gasteiger partial charge in [-0.1, -0.05) is 20.8 Å². The summed E-state index contributed by atoms with van der Waals surface area (Å²) in [5.74, 6) is -2.53. The molecule has 0 spiro atoms. The van der Waals surface area contributed by atoms with Gasteiger partial charge in [0, 0.05) is 13.1 Å². The highest BCUT2D eigenvalue weighted by molar-refractivity contribution is 7.89. The smallest absolute Gasteiger partial charge is 0.243 e. The number of benzene rings is 1. The minimum absolute atomic E-state index is 0.132. The Kier molecular flexibility index (Phi) is 5.23. The second kappa shape index (κ2) is 6.15. The van der Waals surface area contributed by atoms with Gasteiger partial charge in [-0.3, -0.25) is 0 Å². The molecule has 0 fully saturated rings. The van der Waals surface area contributed by atoms with Crippen LogP contribution in [-0.2, 0) is 16.6 Å². The van der Waals surface area contributed by atoms with Gasteiger partial charge in [0.1, 0.15) is 4.90 Å². The molecule has 0 aliphatic carbocycles. The molecule has 2 N–H and O–H groups in total.